The zero-order valence-electron chi connectivity index (χ0n) is 12.5. The van der Waals surface area contributed by atoms with Gasteiger partial charge in [0.1, 0.15) is 0 Å². The van der Waals surface area contributed by atoms with E-state index in [0.29, 0.717) is 15.6 Å². The first-order chi connectivity index (χ1) is 11.1. The van der Waals surface area contributed by atoms with Crippen molar-refractivity contribution in [1.29, 1.82) is 0 Å². The minimum atomic E-state index is -0.444. The van der Waals surface area contributed by atoms with Gasteiger partial charge in [-0.3, -0.25) is 19.9 Å². The summed E-state index contributed by atoms with van der Waals surface area (Å²) in [6, 6.07) is 6.67. The van der Waals surface area contributed by atoms with Gasteiger partial charge in [0.2, 0.25) is 0 Å². The number of amides is 1. The second kappa shape index (κ2) is 6.95. The fourth-order valence-corrected chi connectivity index (χ4v) is 3.66. The Morgan fingerprint density at radius 3 is 2.74 bits per heavy atom. The van der Waals surface area contributed by atoms with E-state index in [1.54, 1.807) is 24.3 Å². The lowest BCUT2D eigenvalue weighted by molar-refractivity contribution is -0.385. The summed E-state index contributed by atoms with van der Waals surface area (Å²) in [6.45, 7) is 0. The molecule has 0 spiro atoms. The molecule has 0 aromatic heterocycles. The molecule has 23 heavy (non-hydrogen) atoms. The van der Waals surface area contributed by atoms with E-state index in [9.17, 15) is 14.9 Å². The highest BCUT2D eigenvalue weighted by molar-refractivity contribution is 8.18. The van der Waals surface area contributed by atoms with Crippen molar-refractivity contribution in [2.75, 3.05) is 0 Å². The number of nitrogens with zero attached hydrogens (tertiary/aromatic N) is 2. The van der Waals surface area contributed by atoms with Gasteiger partial charge in [-0.1, -0.05) is 31.4 Å². The van der Waals surface area contributed by atoms with E-state index < -0.39 is 4.92 Å². The summed E-state index contributed by atoms with van der Waals surface area (Å²) in [7, 11) is 0. The van der Waals surface area contributed by atoms with Crippen LogP contribution in [0.2, 0.25) is 0 Å². The lowest BCUT2D eigenvalue weighted by Crippen LogP contribution is -2.22. The molecular weight excluding hydrogens is 314 g/mol. The molecule has 6 nitrogen and oxygen atoms in total. The third-order valence-electron chi connectivity index (χ3n) is 3.95. The monoisotopic (exact) mass is 331 g/mol. The van der Waals surface area contributed by atoms with Crippen LogP contribution in [-0.4, -0.2) is 22.0 Å². The second-order valence-electron chi connectivity index (χ2n) is 5.61. The number of rotatable bonds is 3. The van der Waals surface area contributed by atoms with Gasteiger partial charge in [0.25, 0.3) is 11.6 Å². The number of amidine groups is 1. The molecule has 2 aliphatic rings. The Balaban J connectivity index is 1.80. The number of hydrogen-bond donors (Lipinski definition) is 1. The van der Waals surface area contributed by atoms with Crippen molar-refractivity contribution in [2.45, 2.75) is 38.1 Å². The molecule has 7 heteroatoms. The highest BCUT2D eigenvalue weighted by atomic mass is 32.2. The molecule has 1 aromatic carbocycles. The summed E-state index contributed by atoms with van der Waals surface area (Å²) in [4.78, 5) is 27.7. The van der Waals surface area contributed by atoms with Crippen LogP contribution in [-0.2, 0) is 4.79 Å². The number of nitro benzene ring substituents is 1. The normalized spacial score (nSPS) is 22.5. The van der Waals surface area contributed by atoms with E-state index in [0.717, 1.165) is 12.8 Å². The van der Waals surface area contributed by atoms with E-state index >= 15 is 0 Å². The van der Waals surface area contributed by atoms with Crippen LogP contribution in [0.3, 0.4) is 0 Å². The molecule has 1 N–H and O–H groups in total. The molecule has 1 saturated heterocycles. The fraction of sp³-hybridized carbons (Fsp3) is 0.375. The minimum Gasteiger partial charge on any atom is -0.301 e. The Morgan fingerprint density at radius 1 is 1.26 bits per heavy atom. The summed E-state index contributed by atoms with van der Waals surface area (Å²) < 4.78 is 0. The van der Waals surface area contributed by atoms with Crippen molar-refractivity contribution in [1.82, 2.24) is 5.32 Å². The van der Waals surface area contributed by atoms with Crippen molar-refractivity contribution >= 4 is 34.6 Å². The second-order valence-corrected chi connectivity index (χ2v) is 6.64. The van der Waals surface area contributed by atoms with Crippen LogP contribution in [0.25, 0.3) is 6.08 Å². The molecule has 1 aliphatic carbocycles. The van der Waals surface area contributed by atoms with Crippen LogP contribution >= 0.6 is 11.8 Å². The Labute approximate surface area is 138 Å². The Bertz CT molecular complexity index is 694. The largest absolute Gasteiger partial charge is 0.301 e. The molecule has 3 rings (SSSR count). The quantitative estimate of drug-likeness (QED) is 0.522. The lowest BCUT2D eigenvalue weighted by Gasteiger charge is -2.17. The third kappa shape index (κ3) is 3.79. The van der Waals surface area contributed by atoms with Crippen molar-refractivity contribution in [2.24, 2.45) is 4.99 Å². The number of hydrogen-bond acceptors (Lipinski definition) is 5. The van der Waals surface area contributed by atoms with E-state index in [-0.39, 0.29) is 17.6 Å². The first-order valence-corrected chi connectivity index (χ1v) is 8.47. The molecule has 120 valence electrons. The highest BCUT2D eigenvalue weighted by Gasteiger charge is 2.26. The predicted molar refractivity (Wildman–Crippen MR) is 91.1 cm³/mol. The first-order valence-electron chi connectivity index (χ1n) is 7.65. The van der Waals surface area contributed by atoms with Gasteiger partial charge in [-0.2, -0.15) is 0 Å². The summed E-state index contributed by atoms with van der Waals surface area (Å²) >= 11 is 1.26. The average Bonchev–Trinajstić information content (AvgIpc) is 2.88. The van der Waals surface area contributed by atoms with Crippen LogP contribution < -0.4 is 5.32 Å². The standard InChI is InChI=1S/C16H17N3O3S/c20-15-14(10-11-6-4-5-9-13(11)19(21)22)23-16(18-15)17-12-7-2-1-3-8-12/h4-6,9-10,12H,1-3,7-8H2,(H,17,18,20)/b14-10+. The molecule has 1 heterocycles. The summed E-state index contributed by atoms with van der Waals surface area (Å²) in [5.41, 5.74) is 0.417. The van der Waals surface area contributed by atoms with Crippen molar-refractivity contribution in [3.63, 3.8) is 0 Å². The molecule has 2 fully saturated rings. The summed E-state index contributed by atoms with van der Waals surface area (Å²) in [5, 5.41) is 14.4. The number of para-hydroxylation sites is 1. The molecule has 1 aromatic rings. The fourth-order valence-electron chi connectivity index (χ4n) is 2.78. The smallest absolute Gasteiger partial charge is 0.276 e. The number of benzene rings is 1. The van der Waals surface area contributed by atoms with Crippen molar-refractivity contribution in [3.05, 3.63) is 44.8 Å². The van der Waals surface area contributed by atoms with E-state index in [2.05, 4.69) is 10.3 Å². The number of nitro groups is 1. The molecule has 0 bridgehead atoms. The van der Waals surface area contributed by atoms with Gasteiger partial charge >= 0.3 is 0 Å². The van der Waals surface area contributed by atoms with Crippen LogP contribution in [0, 0.1) is 10.1 Å². The van der Waals surface area contributed by atoms with Crippen LogP contribution in [0.1, 0.15) is 37.7 Å². The summed E-state index contributed by atoms with van der Waals surface area (Å²) in [6.07, 6.45) is 7.29. The molecule has 0 radical (unpaired) electrons. The number of nitrogens with one attached hydrogen (secondary N) is 1. The maximum absolute atomic E-state index is 12.1. The maximum Gasteiger partial charge on any atom is 0.276 e. The molecular formula is C16H17N3O3S. The number of thioether (sulfide) groups is 1. The van der Waals surface area contributed by atoms with Gasteiger partial charge in [0.05, 0.1) is 21.4 Å². The number of carbonyl (C=O) groups is 1. The maximum atomic E-state index is 12.1. The SMILES string of the molecule is O=C1NC(=NC2CCCCC2)S/C1=C/c1ccccc1[N+](=O)[O-]. The number of aliphatic imine (C=N–C) groups is 1. The van der Waals surface area contributed by atoms with Gasteiger partial charge in [-0.25, -0.2) is 0 Å². The molecule has 1 aliphatic heterocycles. The van der Waals surface area contributed by atoms with Gasteiger partial charge < -0.3 is 5.32 Å². The van der Waals surface area contributed by atoms with Crippen LogP contribution in [0.5, 0.6) is 0 Å². The Hall–Kier alpha value is -2.15. The summed E-state index contributed by atoms with van der Waals surface area (Å²) in [5.74, 6) is -0.247. The topological polar surface area (TPSA) is 84.6 Å². The van der Waals surface area contributed by atoms with Gasteiger partial charge in [0.15, 0.2) is 5.17 Å². The molecule has 1 saturated carbocycles. The minimum absolute atomic E-state index is 0.00827. The third-order valence-corrected chi connectivity index (χ3v) is 4.87. The molecule has 1 amide bonds. The van der Waals surface area contributed by atoms with Gasteiger partial charge in [-0.05, 0) is 36.7 Å². The first kappa shape index (κ1) is 15.7. The lowest BCUT2D eigenvalue weighted by atomic mass is 9.96. The van der Waals surface area contributed by atoms with Crippen LogP contribution in [0.15, 0.2) is 34.2 Å². The molecule has 0 atom stereocenters. The van der Waals surface area contributed by atoms with Gasteiger partial charge in [0, 0.05) is 6.07 Å². The van der Waals surface area contributed by atoms with Crippen LogP contribution in [0.4, 0.5) is 5.69 Å². The zero-order chi connectivity index (χ0) is 16.2. The Kier molecular flexibility index (Phi) is 4.76. The van der Waals surface area contributed by atoms with E-state index in [1.165, 1.54) is 37.1 Å². The van der Waals surface area contributed by atoms with Crippen molar-refractivity contribution < 1.29 is 9.72 Å². The highest BCUT2D eigenvalue weighted by Crippen LogP contribution is 2.30. The van der Waals surface area contributed by atoms with Gasteiger partial charge in [-0.15, -0.1) is 0 Å². The van der Waals surface area contributed by atoms with E-state index in [1.807, 2.05) is 0 Å². The van der Waals surface area contributed by atoms with E-state index in [4.69, 9.17) is 0 Å². The Morgan fingerprint density at radius 2 is 2.00 bits per heavy atom. The molecule has 0 unspecified atom stereocenters. The average molecular weight is 331 g/mol. The zero-order valence-corrected chi connectivity index (χ0v) is 13.3. The van der Waals surface area contributed by atoms with Crippen molar-refractivity contribution in [3.8, 4) is 0 Å². The number of carbonyl (C=O) groups excluding carboxylic acids is 1. The predicted octanol–water partition coefficient (Wildman–Crippen LogP) is 3.49.